The molecule has 0 saturated carbocycles. The number of hydrogen-bond donors (Lipinski definition) is 0. The highest BCUT2D eigenvalue weighted by Crippen LogP contribution is 2.33. The molecule has 0 unspecified atom stereocenters. The second-order valence-corrected chi connectivity index (χ2v) is 8.76. The Morgan fingerprint density at radius 1 is 1.07 bits per heavy atom. The van der Waals surface area contributed by atoms with E-state index in [0.29, 0.717) is 50.5 Å². The average molecular weight is 426 g/mol. The van der Waals surface area contributed by atoms with Crippen LogP contribution in [-0.2, 0) is 4.74 Å². The second kappa shape index (κ2) is 7.85. The third-order valence-corrected chi connectivity index (χ3v) is 6.88. The van der Waals surface area contributed by atoms with Gasteiger partial charge in [0.05, 0.1) is 34.3 Å². The predicted octanol–water partition coefficient (Wildman–Crippen LogP) is 2.49. The topological polar surface area (TPSA) is 70.2 Å². The lowest BCUT2D eigenvalue weighted by Crippen LogP contribution is -2.49. The van der Waals surface area contributed by atoms with Gasteiger partial charge in [-0.3, -0.25) is 19.3 Å². The molecule has 1 aromatic carbocycles. The summed E-state index contributed by atoms with van der Waals surface area (Å²) >= 11 is 1.45. The molecule has 1 atom stereocenters. The van der Waals surface area contributed by atoms with E-state index in [1.165, 1.54) is 16.2 Å². The maximum absolute atomic E-state index is 13.1. The van der Waals surface area contributed by atoms with Crippen LogP contribution in [0.15, 0.2) is 35.7 Å². The lowest BCUT2D eigenvalue weighted by atomic mass is 10.1. The normalized spacial score (nSPS) is 21.5. The molecular formula is C22H23N3O4S. The number of imide groups is 1. The van der Waals surface area contributed by atoms with Gasteiger partial charge in [-0.05, 0) is 36.4 Å². The van der Waals surface area contributed by atoms with Crippen molar-refractivity contribution in [3.8, 4) is 0 Å². The Labute approximate surface area is 178 Å². The molecular weight excluding hydrogens is 402 g/mol. The third kappa shape index (κ3) is 3.30. The molecule has 1 aromatic heterocycles. The third-order valence-electron chi connectivity index (χ3n) is 6.03. The SMILES string of the molecule is O=C(c1cccs1)N1CCN(c2cccc3c2C(=O)N(C[C@@H]2CCCO2)C3=O)CC1. The first-order valence-electron chi connectivity index (χ1n) is 10.3. The van der Waals surface area contributed by atoms with E-state index in [4.69, 9.17) is 4.74 Å². The lowest BCUT2D eigenvalue weighted by molar-refractivity contribution is 0.0475. The van der Waals surface area contributed by atoms with E-state index in [-0.39, 0.29) is 23.8 Å². The van der Waals surface area contributed by atoms with Gasteiger partial charge in [-0.25, -0.2) is 0 Å². The van der Waals surface area contributed by atoms with Gasteiger partial charge in [-0.15, -0.1) is 11.3 Å². The van der Waals surface area contributed by atoms with Crippen molar-refractivity contribution in [2.24, 2.45) is 0 Å². The Morgan fingerprint density at radius 2 is 1.90 bits per heavy atom. The highest BCUT2D eigenvalue weighted by atomic mass is 32.1. The molecule has 2 saturated heterocycles. The first-order chi connectivity index (χ1) is 14.6. The zero-order valence-electron chi connectivity index (χ0n) is 16.6. The molecule has 3 amide bonds. The Bertz CT molecular complexity index is 976. The Kier molecular flexibility index (Phi) is 5.04. The van der Waals surface area contributed by atoms with Crippen LogP contribution in [0.1, 0.15) is 43.2 Å². The first kappa shape index (κ1) is 19.3. The van der Waals surface area contributed by atoms with E-state index in [0.717, 1.165) is 23.4 Å². The molecule has 4 heterocycles. The molecule has 3 aliphatic rings. The highest BCUT2D eigenvalue weighted by molar-refractivity contribution is 7.12. The van der Waals surface area contributed by atoms with Crippen molar-refractivity contribution in [3.63, 3.8) is 0 Å². The lowest BCUT2D eigenvalue weighted by Gasteiger charge is -2.36. The van der Waals surface area contributed by atoms with Crippen molar-refractivity contribution in [1.82, 2.24) is 9.80 Å². The van der Waals surface area contributed by atoms with E-state index >= 15 is 0 Å². The quantitative estimate of drug-likeness (QED) is 0.704. The second-order valence-electron chi connectivity index (χ2n) is 7.81. The van der Waals surface area contributed by atoms with Crippen LogP contribution in [-0.4, -0.2) is 73.0 Å². The van der Waals surface area contributed by atoms with Gasteiger partial charge in [-0.2, -0.15) is 0 Å². The van der Waals surface area contributed by atoms with E-state index in [2.05, 4.69) is 4.90 Å². The van der Waals surface area contributed by atoms with Gasteiger partial charge in [0.25, 0.3) is 17.7 Å². The fourth-order valence-corrected chi connectivity index (χ4v) is 5.13. The first-order valence-corrected chi connectivity index (χ1v) is 11.2. The molecule has 156 valence electrons. The van der Waals surface area contributed by atoms with Gasteiger partial charge in [-0.1, -0.05) is 12.1 Å². The summed E-state index contributed by atoms with van der Waals surface area (Å²) in [5, 5.41) is 1.90. The number of piperazine rings is 1. The number of rotatable bonds is 4. The molecule has 5 rings (SSSR count). The summed E-state index contributed by atoms with van der Waals surface area (Å²) in [4.78, 5) is 44.7. The maximum Gasteiger partial charge on any atom is 0.264 e. The minimum Gasteiger partial charge on any atom is -0.376 e. The zero-order valence-corrected chi connectivity index (χ0v) is 17.4. The monoisotopic (exact) mass is 425 g/mol. The van der Waals surface area contributed by atoms with Crippen molar-refractivity contribution < 1.29 is 19.1 Å². The number of ether oxygens (including phenoxy) is 1. The minimum atomic E-state index is -0.238. The molecule has 7 nitrogen and oxygen atoms in total. The van der Waals surface area contributed by atoms with E-state index in [1.807, 2.05) is 34.5 Å². The predicted molar refractivity (Wildman–Crippen MR) is 113 cm³/mol. The molecule has 3 aliphatic heterocycles. The highest BCUT2D eigenvalue weighted by Gasteiger charge is 2.40. The summed E-state index contributed by atoms with van der Waals surface area (Å²) in [6.07, 6.45) is 1.77. The standard InChI is InChI=1S/C22H23N3O4S/c26-20-16-5-1-6-17(19(16)22(28)25(20)14-15-4-2-12-29-15)23-8-10-24(11-9-23)21(27)18-7-3-13-30-18/h1,3,5-7,13,15H,2,4,8-12,14H2/t15-/m0/s1. The minimum absolute atomic E-state index is 0.0527. The van der Waals surface area contributed by atoms with Crippen LogP contribution in [0, 0.1) is 0 Å². The molecule has 8 heteroatoms. The smallest absolute Gasteiger partial charge is 0.264 e. The summed E-state index contributed by atoms with van der Waals surface area (Å²) in [5.41, 5.74) is 1.73. The van der Waals surface area contributed by atoms with Crippen molar-refractivity contribution in [3.05, 3.63) is 51.7 Å². The van der Waals surface area contributed by atoms with E-state index in [9.17, 15) is 14.4 Å². The van der Waals surface area contributed by atoms with Crippen LogP contribution in [0.4, 0.5) is 5.69 Å². The Hall–Kier alpha value is -2.71. The molecule has 2 fully saturated rings. The summed E-state index contributed by atoms with van der Waals surface area (Å²) in [7, 11) is 0. The Morgan fingerprint density at radius 3 is 2.60 bits per heavy atom. The number of nitrogens with zero attached hydrogens (tertiary/aromatic N) is 3. The molecule has 30 heavy (non-hydrogen) atoms. The van der Waals surface area contributed by atoms with Crippen molar-refractivity contribution in [2.45, 2.75) is 18.9 Å². The van der Waals surface area contributed by atoms with E-state index in [1.54, 1.807) is 6.07 Å². The molecule has 0 aliphatic carbocycles. The van der Waals surface area contributed by atoms with Crippen LogP contribution < -0.4 is 4.90 Å². The number of hydrogen-bond acceptors (Lipinski definition) is 6. The summed E-state index contributed by atoms with van der Waals surface area (Å²) < 4.78 is 5.63. The van der Waals surface area contributed by atoms with Gasteiger partial charge in [0.15, 0.2) is 0 Å². The number of carbonyl (C=O) groups excluding carboxylic acids is 3. The van der Waals surface area contributed by atoms with Crippen LogP contribution in [0.25, 0.3) is 0 Å². The molecule has 2 aromatic rings. The summed E-state index contributed by atoms with van der Waals surface area (Å²) in [6.45, 7) is 3.42. The molecule has 0 radical (unpaired) electrons. The van der Waals surface area contributed by atoms with Crippen LogP contribution in [0.3, 0.4) is 0 Å². The van der Waals surface area contributed by atoms with Gasteiger partial charge in [0, 0.05) is 32.8 Å². The number of thiophene rings is 1. The molecule has 0 bridgehead atoms. The maximum atomic E-state index is 13.1. The van der Waals surface area contributed by atoms with Crippen LogP contribution in [0.5, 0.6) is 0 Å². The Balaban J connectivity index is 1.32. The fraction of sp³-hybridized carbons (Fsp3) is 0.409. The van der Waals surface area contributed by atoms with Gasteiger partial charge in [0.2, 0.25) is 0 Å². The summed E-state index contributed by atoms with van der Waals surface area (Å²) in [5.74, 6) is -0.422. The number of anilines is 1. The molecule has 0 spiro atoms. The van der Waals surface area contributed by atoms with Crippen molar-refractivity contribution in [1.29, 1.82) is 0 Å². The van der Waals surface area contributed by atoms with Gasteiger partial charge in [0.1, 0.15) is 0 Å². The summed E-state index contributed by atoms with van der Waals surface area (Å²) in [6, 6.07) is 9.18. The van der Waals surface area contributed by atoms with Gasteiger partial charge >= 0.3 is 0 Å². The van der Waals surface area contributed by atoms with Crippen LogP contribution >= 0.6 is 11.3 Å². The number of fused-ring (bicyclic) bond motifs is 1. The van der Waals surface area contributed by atoms with E-state index < -0.39 is 0 Å². The number of amides is 3. The molecule has 0 N–H and O–H groups in total. The zero-order chi connectivity index (χ0) is 20.7. The number of carbonyl (C=O) groups is 3. The van der Waals surface area contributed by atoms with Crippen molar-refractivity contribution >= 4 is 34.7 Å². The van der Waals surface area contributed by atoms with Crippen molar-refractivity contribution in [2.75, 3.05) is 44.2 Å². The largest absolute Gasteiger partial charge is 0.376 e. The fourth-order valence-electron chi connectivity index (χ4n) is 4.44. The van der Waals surface area contributed by atoms with Gasteiger partial charge < -0.3 is 14.5 Å². The number of benzene rings is 1. The van der Waals surface area contributed by atoms with Crippen LogP contribution in [0.2, 0.25) is 0 Å². The average Bonchev–Trinajstić information content (AvgIpc) is 3.53.